The number of aromatic nitrogens is 1. The smallest absolute Gasteiger partial charge is 0.338 e. The molecule has 3 aromatic rings. The molecule has 0 saturated heterocycles. The number of rotatable bonds is 7. The summed E-state index contributed by atoms with van der Waals surface area (Å²) < 4.78 is 19.6. The van der Waals surface area contributed by atoms with Gasteiger partial charge in [0.25, 0.3) is 5.56 Å². The molecule has 1 aliphatic rings. The van der Waals surface area contributed by atoms with E-state index in [2.05, 4.69) is 36.9 Å². The standard InChI is InChI=1S/C26H21Br2N3O5S/c1-4-35-25(33)21-14(2)30-26-31(22(21)16-6-5-7-17(27)13-16)24(32)20(37-26)12-15-10-18(28)23(36-9-8-29)19(11-15)34-3/h5-7,10-13,22H,4,9H2,1-3H3/b20-12-/t22-/m1/s1. The minimum atomic E-state index is -0.696. The summed E-state index contributed by atoms with van der Waals surface area (Å²) in [5.41, 5.74) is 1.96. The van der Waals surface area contributed by atoms with Gasteiger partial charge < -0.3 is 14.2 Å². The van der Waals surface area contributed by atoms with Gasteiger partial charge >= 0.3 is 5.97 Å². The van der Waals surface area contributed by atoms with E-state index < -0.39 is 12.0 Å². The molecule has 2 aromatic carbocycles. The molecule has 0 spiro atoms. The molecule has 0 aliphatic carbocycles. The number of methoxy groups -OCH3 is 1. The van der Waals surface area contributed by atoms with Gasteiger partial charge in [0.15, 0.2) is 22.9 Å². The lowest BCUT2D eigenvalue weighted by Gasteiger charge is -2.24. The quantitative estimate of drug-likeness (QED) is 0.356. The average Bonchev–Trinajstić information content (AvgIpc) is 3.16. The lowest BCUT2D eigenvalue weighted by molar-refractivity contribution is -0.139. The normalized spacial score (nSPS) is 15.0. The molecule has 0 unspecified atom stereocenters. The highest BCUT2D eigenvalue weighted by Crippen LogP contribution is 2.37. The molecule has 2 heterocycles. The van der Waals surface area contributed by atoms with Crippen LogP contribution in [0.4, 0.5) is 0 Å². The molecule has 1 aromatic heterocycles. The van der Waals surface area contributed by atoms with Crippen molar-refractivity contribution in [1.82, 2.24) is 4.57 Å². The van der Waals surface area contributed by atoms with Crippen LogP contribution in [-0.2, 0) is 9.53 Å². The second-order valence-electron chi connectivity index (χ2n) is 7.84. The van der Waals surface area contributed by atoms with Crippen molar-refractivity contribution in [2.45, 2.75) is 19.9 Å². The fourth-order valence-electron chi connectivity index (χ4n) is 4.00. The largest absolute Gasteiger partial charge is 0.493 e. The van der Waals surface area contributed by atoms with Gasteiger partial charge in [-0.2, -0.15) is 5.26 Å². The molecule has 0 fully saturated rings. The van der Waals surface area contributed by atoms with Crippen LogP contribution >= 0.6 is 43.2 Å². The maximum atomic E-state index is 13.8. The van der Waals surface area contributed by atoms with Gasteiger partial charge in [-0.15, -0.1) is 0 Å². The number of ether oxygens (including phenoxy) is 3. The van der Waals surface area contributed by atoms with Crippen molar-refractivity contribution in [1.29, 1.82) is 5.26 Å². The van der Waals surface area contributed by atoms with Gasteiger partial charge in [-0.1, -0.05) is 39.4 Å². The molecule has 4 rings (SSSR count). The van der Waals surface area contributed by atoms with Crippen LogP contribution in [0.25, 0.3) is 6.08 Å². The summed E-state index contributed by atoms with van der Waals surface area (Å²) in [5.74, 6) is 0.299. The third kappa shape index (κ3) is 5.42. The summed E-state index contributed by atoms with van der Waals surface area (Å²) in [7, 11) is 1.50. The molecule has 0 N–H and O–H groups in total. The fourth-order valence-corrected chi connectivity index (χ4v) is 6.04. The lowest BCUT2D eigenvalue weighted by Crippen LogP contribution is -2.39. The van der Waals surface area contributed by atoms with E-state index in [1.54, 1.807) is 32.1 Å². The first-order valence-corrected chi connectivity index (χ1v) is 13.5. The van der Waals surface area contributed by atoms with Gasteiger partial charge in [-0.05, 0) is 71.2 Å². The van der Waals surface area contributed by atoms with E-state index in [0.29, 0.717) is 42.1 Å². The Hall–Kier alpha value is -3.20. The first kappa shape index (κ1) is 26.9. The summed E-state index contributed by atoms with van der Waals surface area (Å²) in [6, 6.07) is 12.2. The van der Waals surface area contributed by atoms with Gasteiger partial charge in [0.2, 0.25) is 0 Å². The van der Waals surface area contributed by atoms with Crippen molar-refractivity contribution in [3.05, 3.63) is 87.4 Å². The zero-order chi connectivity index (χ0) is 26.7. The Morgan fingerprint density at radius 1 is 1.30 bits per heavy atom. The zero-order valence-electron chi connectivity index (χ0n) is 20.1. The van der Waals surface area contributed by atoms with Crippen LogP contribution < -0.4 is 24.4 Å². The molecule has 0 amide bonds. The predicted molar refractivity (Wildman–Crippen MR) is 146 cm³/mol. The average molecular weight is 647 g/mol. The Bertz CT molecular complexity index is 1630. The van der Waals surface area contributed by atoms with E-state index in [4.69, 9.17) is 19.5 Å². The van der Waals surface area contributed by atoms with Crippen LogP contribution in [0.5, 0.6) is 11.5 Å². The number of hydrogen-bond donors (Lipinski definition) is 0. The number of esters is 1. The van der Waals surface area contributed by atoms with Crippen molar-refractivity contribution >= 4 is 55.2 Å². The Morgan fingerprint density at radius 3 is 2.76 bits per heavy atom. The van der Waals surface area contributed by atoms with Gasteiger partial charge in [0.1, 0.15) is 6.07 Å². The summed E-state index contributed by atoms with van der Waals surface area (Å²) in [6.45, 7) is 3.55. The van der Waals surface area contributed by atoms with Crippen LogP contribution in [0.15, 0.2) is 66.4 Å². The lowest BCUT2D eigenvalue weighted by atomic mass is 9.96. The van der Waals surface area contributed by atoms with Crippen molar-refractivity contribution < 1.29 is 19.0 Å². The Labute approximate surface area is 233 Å². The summed E-state index contributed by atoms with van der Waals surface area (Å²) >= 11 is 8.17. The van der Waals surface area contributed by atoms with E-state index in [-0.39, 0.29) is 18.8 Å². The highest BCUT2D eigenvalue weighted by Gasteiger charge is 2.33. The minimum Gasteiger partial charge on any atom is -0.493 e. The van der Waals surface area contributed by atoms with E-state index in [9.17, 15) is 9.59 Å². The molecular weight excluding hydrogens is 626 g/mol. The number of allylic oxidation sites excluding steroid dienone is 1. The molecular formula is C26H21Br2N3O5S. The number of nitrogens with zero attached hydrogens (tertiary/aromatic N) is 3. The third-order valence-corrected chi connectivity index (χ3v) is 7.58. The Morgan fingerprint density at radius 2 is 2.08 bits per heavy atom. The number of carbonyl (C=O) groups excluding carboxylic acids is 1. The summed E-state index contributed by atoms with van der Waals surface area (Å²) in [6.07, 6.45) is 1.73. The van der Waals surface area contributed by atoms with E-state index >= 15 is 0 Å². The van der Waals surface area contributed by atoms with Crippen LogP contribution in [0.3, 0.4) is 0 Å². The van der Waals surface area contributed by atoms with E-state index in [1.807, 2.05) is 30.3 Å². The second-order valence-corrected chi connectivity index (χ2v) is 10.6. The Balaban J connectivity index is 1.91. The van der Waals surface area contributed by atoms with Crippen molar-refractivity contribution in [2.24, 2.45) is 4.99 Å². The van der Waals surface area contributed by atoms with Gasteiger partial charge in [-0.3, -0.25) is 9.36 Å². The first-order chi connectivity index (χ1) is 17.8. The van der Waals surface area contributed by atoms with Crippen LogP contribution in [0.1, 0.15) is 31.0 Å². The fraction of sp³-hybridized carbons (Fsp3) is 0.231. The van der Waals surface area contributed by atoms with Crippen LogP contribution in [0.2, 0.25) is 0 Å². The molecule has 1 atom stereocenters. The van der Waals surface area contributed by atoms with Crippen molar-refractivity contribution in [2.75, 3.05) is 20.3 Å². The highest BCUT2D eigenvalue weighted by molar-refractivity contribution is 9.10. The zero-order valence-corrected chi connectivity index (χ0v) is 24.1. The molecule has 0 saturated carbocycles. The third-order valence-electron chi connectivity index (χ3n) is 5.51. The monoisotopic (exact) mass is 645 g/mol. The SMILES string of the molecule is CCOC(=O)C1=C(C)N=c2s/c(=C\c3cc(Br)c(OCC#N)c(OC)c3)c(=O)n2[C@@H]1c1cccc(Br)c1. The van der Waals surface area contributed by atoms with Crippen molar-refractivity contribution in [3.8, 4) is 17.6 Å². The predicted octanol–water partition coefficient (Wildman–Crippen LogP) is 4.23. The van der Waals surface area contributed by atoms with Gasteiger partial charge in [-0.25, -0.2) is 9.79 Å². The molecule has 0 radical (unpaired) electrons. The number of thiazole rings is 1. The molecule has 11 heteroatoms. The molecule has 37 heavy (non-hydrogen) atoms. The van der Waals surface area contributed by atoms with Gasteiger partial charge in [0, 0.05) is 4.47 Å². The number of benzene rings is 2. The first-order valence-electron chi connectivity index (χ1n) is 11.1. The number of nitriles is 1. The molecule has 1 aliphatic heterocycles. The Kier molecular flexibility index (Phi) is 8.32. The number of halogens is 2. The van der Waals surface area contributed by atoms with E-state index in [1.165, 1.54) is 23.0 Å². The number of carbonyl (C=O) groups is 1. The number of hydrogen-bond acceptors (Lipinski definition) is 8. The number of fused-ring (bicyclic) bond motifs is 1. The van der Waals surface area contributed by atoms with Crippen LogP contribution in [0, 0.1) is 11.3 Å². The van der Waals surface area contributed by atoms with Crippen LogP contribution in [-0.4, -0.2) is 30.9 Å². The topological polar surface area (TPSA) is 103 Å². The minimum absolute atomic E-state index is 0.134. The molecule has 190 valence electrons. The summed E-state index contributed by atoms with van der Waals surface area (Å²) in [5, 5.41) is 8.85. The van der Waals surface area contributed by atoms with Gasteiger partial charge in [0.05, 0.1) is 40.0 Å². The maximum absolute atomic E-state index is 13.8. The highest BCUT2D eigenvalue weighted by atomic mass is 79.9. The molecule has 8 nitrogen and oxygen atoms in total. The maximum Gasteiger partial charge on any atom is 0.338 e. The van der Waals surface area contributed by atoms with Crippen molar-refractivity contribution in [3.63, 3.8) is 0 Å². The molecule has 0 bridgehead atoms. The summed E-state index contributed by atoms with van der Waals surface area (Å²) in [4.78, 5) is 31.8. The second kappa shape index (κ2) is 11.5. The van der Waals surface area contributed by atoms with E-state index in [0.717, 1.165) is 10.0 Å².